The molecule has 0 bridgehead atoms. The van der Waals surface area contributed by atoms with Crippen LogP contribution in [-0.4, -0.2) is 22.3 Å². The number of aryl methyl sites for hydroxylation is 1. The van der Waals surface area contributed by atoms with Gasteiger partial charge in [0.05, 0.1) is 12.8 Å². The Labute approximate surface area is 165 Å². The average Bonchev–Trinajstić information content (AvgIpc) is 3.36. The Morgan fingerprint density at radius 3 is 2.70 bits per heavy atom. The summed E-state index contributed by atoms with van der Waals surface area (Å²) < 4.78 is 11.0. The van der Waals surface area contributed by atoms with Gasteiger partial charge in [0.15, 0.2) is 0 Å². The van der Waals surface area contributed by atoms with Gasteiger partial charge < -0.3 is 9.15 Å². The number of thiazole rings is 1. The molecular weight excluding hydrogens is 378 g/mol. The molecule has 0 N–H and O–H groups in total. The molecule has 2 aromatic heterocycles. The van der Waals surface area contributed by atoms with Crippen LogP contribution in [0.2, 0.25) is 0 Å². The number of thioether (sulfide) groups is 1. The first-order chi connectivity index (χ1) is 13.2. The van der Waals surface area contributed by atoms with E-state index in [1.165, 1.54) is 11.8 Å². The smallest absolute Gasteiger partial charge is 0.277 e. The van der Waals surface area contributed by atoms with Crippen molar-refractivity contribution in [3.63, 3.8) is 0 Å². The zero-order valence-electron chi connectivity index (χ0n) is 14.9. The lowest BCUT2D eigenvalue weighted by Gasteiger charge is -2.00. The van der Waals surface area contributed by atoms with Gasteiger partial charge in [-0.25, -0.2) is 4.98 Å². The topological polar surface area (TPSA) is 61.0 Å². The third kappa shape index (κ3) is 4.20. The zero-order valence-corrected chi connectivity index (χ0v) is 16.5. The highest BCUT2D eigenvalue weighted by molar-refractivity contribution is 7.98. The fraction of sp³-hybridized carbons (Fsp3) is 0.150. The molecule has 0 aliphatic heterocycles. The van der Waals surface area contributed by atoms with Crippen molar-refractivity contribution >= 4 is 23.1 Å². The summed E-state index contributed by atoms with van der Waals surface area (Å²) in [7, 11) is 1.66. The Balaban J connectivity index is 1.41. The van der Waals surface area contributed by atoms with Crippen LogP contribution in [0.15, 0.2) is 63.6 Å². The van der Waals surface area contributed by atoms with Gasteiger partial charge in [0.2, 0.25) is 5.89 Å². The van der Waals surface area contributed by atoms with E-state index in [0.717, 1.165) is 33.1 Å². The average molecular weight is 396 g/mol. The molecule has 2 aromatic carbocycles. The number of methoxy groups -OCH3 is 1. The Kier molecular flexibility index (Phi) is 5.22. The SMILES string of the molecule is COc1ccc(-c2nc(CSc3nnc(-c4cccc(C)c4)o3)cs2)cc1. The molecule has 0 aliphatic rings. The van der Waals surface area contributed by atoms with Crippen molar-refractivity contribution in [1.82, 2.24) is 15.2 Å². The first-order valence-electron chi connectivity index (χ1n) is 8.33. The van der Waals surface area contributed by atoms with Crippen LogP contribution in [-0.2, 0) is 5.75 Å². The first kappa shape index (κ1) is 17.8. The normalized spacial score (nSPS) is 10.9. The van der Waals surface area contributed by atoms with E-state index >= 15 is 0 Å². The van der Waals surface area contributed by atoms with Gasteiger partial charge in [-0.2, -0.15) is 0 Å². The van der Waals surface area contributed by atoms with Gasteiger partial charge in [-0.3, -0.25) is 0 Å². The predicted octanol–water partition coefficient (Wildman–Crippen LogP) is 5.47. The molecule has 136 valence electrons. The van der Waals surface area contributed by atoms with Crippen molar-refractivity contribution in [2.75, 3.05) is 7.11 Å². The highest BCUT2D eigenvalue weighted by Crippen LogP contribution is 2.29. The Bertz CT molecular complexity index is 1040. The molecule has 5 nitrogen and oxygen atoms in total. The third-order valence-corrected chi connectivity index (χ3v) is 5.70. The van der Waals surface area contributed by atoms with Crippen molar-refractivity contribution in [2.45, 2.75) is 17.9 Å². The Morgan fingerprint density at radius 1 is 1.07 bits per heavy atom. The third-order valence-electron chi connectivity index (χ3n) is 3.90. The fourth-order valence-corrected chi connectivity index (χ4v) is 4.12. The minimum atomic E-state index is 0.540. The number of rotatable bonds is 6. The molecular formula is C20H17N3O2S2. The van der Waals surface area contributed by atoms with E-state index in [0.29, 0.717) is 16.9 Å². The van der Waals surface area contributed by atoms with E-state index in [1.807, 2.05) is 55.5 Å². The van der Waals surface area contributed by atoms with E-state index in [9.17, 15) is 0 Å². The number of hydrogen-bond donors (Lipinski definition) is 0. The van der Waals surface area contributed by atoms with Crippen molar-refractivity contribution in [3.8, 4) is 27.8 Å². The number of hydrogen-bond acceptors (Lipinski definition) is 7. The molecule has 0 unspecified atom stereocenters. The van der Waals surface area contributed by atoms with Crippen LogP contribution < -0.4 is 4.74 Å². The summed E-state index contributed by atoms with van der Waals surface area (Å²) in [5, 5.41) is 11.9. The quantitative estimate of drug-likeness (QED) is 0.404. The second-order valence-electron chi connectivity index (χ2n) is 5.90. The molecule has 0 radical (unpaired) electrons. The van der Waals surface area contributed by atoms with E-state index in [1.54, 1.807) is 18.4 Å². The molecule has 0 saturated carbocycles. The number of ether oxygens (including phenoxy) is 1. The van der Waals surface area contributed by atoms with Gasteiger partial charge >= 0.3 is 0 Å². The zero-order chi connectivity index (χ0) is 18.6. The summed E-state index contributed by atoms with van der Waals surface area (Å²) >= 11 is 3.11. The van der Waals surface area contributed by atoms with Crippen LogP contribution in [0.25, 0.3) is 22.0 Å². The molecule has 0 saturated heterocycles. The Hall–Kier alpha value is -2.64. The van der Waals surface area contributed by atoms with E-state index in [4.69, 9.17) is 14.1 Å². The van der Waals surface area contributed by atoms with Gasteiger partial charge in [-0.1, -0.05) is 29.5 Å². The summed E-state index contributed by atoms with van der Waals surface area (Å²) in [4.78, 5) is 4.69. The van der Waals surface area contributed by atoms with Crippen molar-refractivity contribution in [3.05, 3.63) is 65.2 Å². The highest BCUT2D eigenvalue weighted by Gasteiger charge is 2.11. The van der Waals surface area contributed by atoms with Gasteiger partial charge in [0, 0.05) is 22.3 Å². The summed E-state index contributed by atoms with van der Waals surface area (Å²) in [6.07, 6.45) is 0. The summed E-state index contributed by atoms with van der Waals surface area (Å²) in [6.45, 7) is 2.04. The molecule has 0 atom stereocenters. The maximum Gasteiger partial charge on any atom is 0.277 e. The number of nitrogens with zero attached hydrogens (tertiary/aromatic N) is 3. The lowest BCUT2D eigenvalue weighted by atomic mass is 10.1. The molecule has 27 heavy (non-hydrogen) atoms. The minimum Gasteiger partial charge on any atom is -0.497 e. The van der Waals surface area contributed by atoms with Crippen molar-refractivity contribution in [1.29, 1.82) is 0 Å². The van der Waals surface area contributed by atoms with Gasteiger partial charge in [-0.15, -0.1) is 21.5 Å². The van der Waals surface area contributed by atoms with Crippen LogP contribution in [0, 0.1) is 6.92 Å². The van der Waals surface area contributed by atoms with Gasteiger partial charge in [-0.05, 0) is 43.3 Å². The summed E-state index contributed by atoms with van der Waals surface area (Å²) in [5.74, 6) is 2.06. The van der Waals surface area contributed by atoms with E-state index < -0.39 is 0 Å². The first-order valence-corrected chi connectivity index (χ1v) is 10.2. The van der Waals surface area contributed by atoms with Crippen molar-refractivity contribution in [2.24, 2.45) is 0 Å². The monoisotopic (exact) mass is 395 g/mol. The molecule has 4 aromatic rings. The fourth-order valence-electron chi connectivity index (χ4n) is 2.54. The second-order valence-corrected chi connectivity index (χ2v) is 7.69. The molecule has 4 rings (SSSR count). The summed E-state index contributed by atoms with van der Waals surface area (Å²) in [6, 6.07) is 15.9. The number of aromatic nitrogens is 3. The molecule has 0 aliphatic carbocycles. The van der Waals surface area contributed by atoms with Crippen LogP contribution in [0.5, 0.6) is 5.75 Å². The minimum absolute atomic E-state index is 0.540. The lowest BCUT2D eigenvalue weighted by molar-refractivity contribution is 0.415. The molecule has 0 spiro atoms. The molecule has 2 heterocycles. The van der Waals surface area contributed by atoms with Crippen molar-refractivity contribution < 1.29 is 9.15 Å². The van der Waals surface area contributed by atoms with Gasteiger partial charge in [0.1, 0.15) is 10.8 Å². The van der Waals surface area contributed by atoms with Crippen LogP contribution in [0.4, 0.5) is 0 Å². The predicted molar refractivity (Wildman–Crippen MR) is 108 cm³/mol. The largest absolute Gasteiger partial charge is 0.497 e. The standard InChI is InChI=1S/C20H17N3O2S2/c1-13-4-3-5-15(10-13)18-22-23-20(25-18)27-12-16-11-26-19(21-16)14-6-8-17(24-2)9-7-14/h3-11H,12H2,1-2H3. The van der Waals surface area contributed by atoms with E-state index in [2.05, 4.69) is 15.6 Å². The molecule has 0 fully saturated rings. The Morgan fingerprint density at radius 2 is 1.93 bits per heavy atom. The van der Waals surface area contributed by atoms with Crippen LogP contribution in [0.1, 0.15) is 11.3 Å². The van der Waals surface area contributed by atoms with E-state index in [-0.39, 0.29) is 0 Å². The maximum absolute atomic E-state index is 5.77. The number of benzene rings is 2. The maximum atomic E-state index is 5.77. The lowest BCUT2D eigenvalue weighted by Crippen LogP contribution is -1.84. The highest BCUT2D eigenvalue weighted by atomic mass is 32.2. The van der Waals surface area contributed by atoms with Crippen LogP contribution in [0.3, 0.4) is 0 Å². The second kappa shape index (κ2) is 7.94. The summed E-state index contributed by atoms with van der Waals surface area (Å²) in [5.41, 5.74) is 4.17. The van der Waals surface area contributed by atoms with Gasteiger partial charge in [0.25, 0.3) is 5.22 Å². The molecule has 7 heteroatoms. The van der Waals surface area contributed by atoms with Crippen LogP contribution >= 0.6 is 23.1 Å². The molecule has 0 amide bonds.